The van der Waals surface area contributed by atoms with Crippen molar-refractivity contribution in [3.63, 3.8) is 0 Å². The number of fused-ring (bicyclic) bond motifs is 1. The normalized spacial score (nSPS) is 13.6. The fourth-order valence-electron chi connectivity index (χ4n) is 2.17. The van der Waals surface area contributed by atoms with E-state index < -0.39 is 0 Å². The molecule has 0 aliphatic rings. The molecular formula is C15H21Cl2N3. The van der Waals surface area contributed by atoms with E-state index in [0.29, 0.717) is 6.04 Å². The maximum atomic E-state index is 6.27. The van der Waals surface area contributed by atoms with Gasteiger partial charge in [0.05, 0.1) is 16.4 Å². The van der Waals surface area contributed by atoms with Gasteiger partial charge in [0.15, 0.2) is 0 Å². The first-order valence-corrected chi connectivity index (χ1v) is 7.71. The van der Waals surface area contributed by atoms with Crippen molar-refractivity contribution in [2.24, 2.45) is 0 Å². The molecule has 0 spiro atoms. The molecule has 1 atom stereocenters. The first kappa shape index (κ1) is 15.6. The van der Waals surface area contributed by atoms with Gasteiger partial charge in [-0.3, -0.25) is 0 Å². The van der Waals surface area contributed by atoms with Crippen LogP contribution in [0.5, 0.6) is 0 Å². The Morgan fingerprint density at radius 2 is 2.00 bits per heavy atom. The van der Waals surface area contributed by atoms with Crippen LogP contribution in [0.2, 0.25) is 5.02 Å². The molecule has 1 heterocycles. The first-order chi connectivity index (χ1) is 9.40. The minimum Gasteiger partial charge on any atom is -0.325 e. The number of nitrogens with zero attached hydrogens (tertiary/aromatic N) is 3. The third-order valence-electron chi connectivity index (χ3n) is 3.65. The van der Waals surface area contributed by atoms with E-state index in [4.69, 9.17) is 23.2 Å². The SMILES string of the molecule is CC(Cl)c1nc2ccc(Cl)cc2n1CCN(C)C(C)C. The van der Waals surface area contributed by atoms with Crippen molar-refractivity contribution in [3.8, 4) is 0 Å². The average molecular weight is 314 g/mol. The van der Waals surface area contributed by atoms with E-state index in [9.17, 15) is 0 Å². The molecule has 0 aliphatic heterocycles. The molecule has 0 fully saturated rings. The van der Waals surface area contributed by atoms with Gasteiger partial charge in [-0.25, -0.2) is 4.98 Å². The van der Waals surface area contributed by atoms with Crippen molar-refractivity contribution >= 4 is 34.2 Å². The van der Waals surface area contributed by atoms with Crippen LogP contribution in [0.15, 0.2) is 18.2 Å². The molecule has 110 valence electrons. The summed E-state index contributed by atoms with van der Waals surface area (Å²) < 4.78 is 2.18. The Hall–Kier alpha value is -0.770. The summed E-state index contributed by atoms with van der Waals surface area (Å²) in [6.45, 7) is 8.14. The topological polar surface area (TPSA) is 21.1 Å². The van der Waals surface area contributed by atoms with Crippen molar-refractivity contribution in [3.05, 3.63) is 29.0 Å². The molecule has 20 heavy (non-hydrogen) atoms. The molecule has 0 amide bonds. The van der Waals surface area contributed by atoms with Gasteiger partial charge in [0.25, 0.3) is 0 Å². The van der Waals surface area contributed by atoms with Crippen molar-refractivity contribution < 1.29 is 0 Å². The van der Waals surface area contributed by atoms with Crippen molar-refractivity contribution in [2.75, 3.05) is 13.6 Å². The summed E-state index contributed by atoms with van der Waals surface area (Å²) >= 11 is 12.4. The van der Waals surface area contributed by atoms with Gasteiger partial charge >= 0.3 is 0 Å². The number of imidazole rings is 1. The van der Waals surface area contributed by atoms with Gasteiger partial charge in [0, 0.05) is 24.2 Å². The summed E-state index contributed by atoms with van der Waals surface area (Å²) in [6, 6.07) is 6.29. The Morgan fingerprint density at radius 1 is 1.30 bits per heavy atom. The van der Waals surface area contributed by atoms with Gasteiger partial charge in [0.2, 0.25) is 0 Å². The van der Waals surface area contributed by atoms with Gasteiger partial charge in [0.1, 0.15) is 5.82 Å². The molecule has 1 aromatic carbocycles. The van der Waals surface area contributed by atoms with Gasteiger partial charge < -0.3 is 9.47 Å². The summed E-state index contributed by atoms with van der Waals surface area (Å²) in [4.78, 5) is 6.93. The fourth-order valence-corrected chi connectivity index (χ4v) is 2.50. The Balaban J connectivity index is 2.38. The summed E-state index contributed by atoms with van der Waals surface area (Å²) in [5.74, 6) is 0.904. The van der Waals surface area contributed by atoms with Crippen molar-refractivity contribution in [1.82, 2.24) is 14.5 Å². The Bertz CT molecular complexity index is 590. The molecule has 2 rings (SSSR count). The second-order valence-corrected chi connectivity index (χ2v) is 6.54. The number of rotatable bonds is 5. The minimum absolute atomic E-state index is 0.120. The largest absolute Gasteiger partial charge is 0.325 e. The Kier molecular flexibility index (Phi) is 4.95. The first-order valence-electron chi connectivity index (χ1n) is 6.90. The van der Waals surface area contributed by atoms with Crippen molar-refractivity contribution in [2.45, 2.75) is 38.7 Å². The van der Waals surface area contributed by atoms with E-state index in [0.717, 1.165) is 35.0 Å². The maximum absolute atomic E-state index is 6.27. The van der Waals surface area contributed by atoms with Gasteiger partial charge in [-0.05, 0) is 46.0 Å². The zero-order valence-corrected chi connectivity index (χ0v) is 13.9. The van der Waals surface area contributed by atoms with Crippen LogP contribution >= 0.6 is 23.2 Å². The third kappa shape index (κ3) is 3.27. The molecule has 3 nitrogen and oxygen atoms in total. The van der Waals surface area contributed by atoms with Crippen LogP contribution < -0.4 is 0 Å². The zero-order valence-electron chi connectivity index (χ0n) is 12.4. The smallest absolute Gasteiger partial charge is 0.127 e. The average Bonchev–Trinajstić information content (AvgIpc) is 2.73. The fraction of sp³-hybridized carbons (Fsp3) is 0.533. The zero-order chi connectivity index (χ0) is 14.9. The summed E-state index contributed by atoms with van der Waals surface area (Å²) in [5, 5.41) is 0.607. The van der Waals surface area contributed by atoms with Crippen LogP contribution in [0, 0.1) is 0 Å². The Morgan fingerprint density at radius 3 is 2.60 bits per heavy atom. The molecule has 0 saturated heterocycles. The van der Waals surface area contributed by atoms with Gasteiger partial charge in [-0.2, -0.15) is 0 Å². The van der Waals surface area contributed by atoms with Crippen LogP contribution in [0.25, 0.3) is 11.0 Å². The molecular weight excluding hydrogens is 293 g/mol. The standard InChI is InChI=1S/C15H21Cl2N3/c1-10(2)19(4)7-8-20-14-9-12(17)5-6-13(14)18-15(20)11(3)16/h5-6,9-11H,7-8H2,1-4H3. The van der Waals surface area contributed by atoms with E-state index >= 15 is 0 Å². The lowest BCUT2D eigenvalue weighted by atomic mass is 10.3. The molecule has 0 saturated carbocycles. The van der Waals surface area contributed by atoms with E-state index in [1.54, 1.807) is 0 Å². The number of hydrogen-bond donors (Lipinski definition) is 0. The van der Waals surface area contributed by atoms with Crippen LogP contribution in [0.4, 0.5) is 0 Å². The predicted octanol–water partition coefficient (Wildman–Crippen LogP) is 4.33. The highest BCUT2D eigenvalue weighted by atomic mass is 35.5. The molecule has 0 bridgehead atoms. The predicted molar refractivity (Wildman–Crippen MR) is 86.8 cm³/mol. The monoisotopic (exact) mass is 313 g/mol. The molecule has 0 N–H and O–H groups in total. The lowest BCUT2D eigenvalue weighted by molar-refractivity contribution is 0.263. The van der Waals surface area contributed by atoms with E-state index in [-0.39, 0.29) is 5.38 Å². The molecule has 1 unspecified atom stereocenters. The van der Waals surface area contributed by atoms with Crippen LogP contribution in [0.1, 0.15) is 32.0 Å². The minimum atomic E-state index is -0.120. The van der Waals surface area contributed by atoms with Crippen molar-refractivity contribution in [1.29, 1.82) is 0 Å². The highest BCUT2D eigenvalue weighted by Crippen LogP contribution is 2.26. The number of likely N-dealkylation sites (N-methyl/N-ethyl adjacent to an activating group) is 1. The van der Waals surface area contributed by atoms with E-state index in [2.05, 4.69) is 35.3 Å². The number of alkyl halides is 1. The van der Waals surface area contributed by atoms with Crippen LogP contribution in [0.3, 0.4) is 0 Å². The number of benzene rings is 1. The number of hydrogen-bond acceptors (Lipinski definition) is 2. The molecule has 1 aromatic heterocycles. The summed E-state index contributed by atoms with van der Waals surface area (Å²) in [6.07, 6.45) is 0. The van der Waals surface area contributed by atoms with E-state index in [1.807, 2.05) is 25.1 Å². The van der Waals surface area contributed by atoms with Crippen LogP contribution in [-0.2, 0) is 6.54 Å². The second kappa shape index (κ2) is 6.33. The quantitative estimate of drug-likeness (QED) is 0.766. The maximum Gasteiger partial charge on any atom is 0.127 e. The summed E-state index contributed by atoms with van der Waals surface area (Å²) in [7, 11) is 2.13. The molecule has 5 heteroatoms. The van der Waals surface area contributed by atoms with Gasteiger partial charge in [-0.1, -0.05) is 11.6 Å². The molecule has 0 radical (unpaired) electrons. The van der Waals surface area contributed by atoms with Crippen LogP contribution in [-0.4, -0.2) is 34.1 Å². The highest BCUT2D eigenvalue weighted by molar-refractivity contribution is 6.31. The Labute approximate surface area is 130 Å². The highest BCUT2D eigenvalue weighted by Gasteiger charge is 2.16. The summed E-state index contributed by atoms with van der Waals surface area (Å²) in [5.41, 5.74) is 2.00. The lowest BCUT2D eigenvalue weighted by Gasteiger charge is -2.22. The van der Waals surface area contributed by atoms with E-state index in [1.165, 1.54) is 0 Å². The molecule has 0 aliphatic carbocycles. The lowest BCUT2D eigenvalue weighted by Crippen LogP contribution is -2.30. The second-order valence-electron chi connectivity index (χ2n) is 5.45. The van der Waals surface area contributed by atoms with Gasteiger partial charge in [-0.15, -0.1) is 11.6 Å². The third-order valence-corrected chi connectivity index (χ3v) is 4.08. The number of aromatic nitrogens is 2. The molecule has 2 aromatic rings. The number of halogens is 2.